The SMILES string of the molecule is CC(C)c1cc(C(=O)Nc2cc([N+](=O)[O-])ccc2F)c2ccccc2n1. The van der Waals surface area contributed by atoms with E-state index in [2.05, 4.69) is 10.3 Å². The Bertz CT molecular complexity index is 1020. The van der Waals surface area contributed by atoms with Gasteiger partial charge in [-0.3, -0.25) is 19.9 Å². The van der Waals surface area contributed by atoms with E-state index in [0.717, 1.165) is 23.9 Å². The average molecular weight is 353 g/mol. The molecule has 1 N–H and O–H groups in total. The van der Waals surface area contributed by atoms with E-state index in [-0.39, 0.29) is 17.3 Å². The van der Waals surface area contributed by atoms with Crippen LogP contribution in [0.25, 0.3) is 10.9 Å². The molecule has 1 aromatic heterocycles. The molecule has 0 unspecified atom stereocenters. The fourth-order valence-corrected chi connectivity index (χ4v) is 2.59. The summed E-state index contributed by atoms with van der Waals surface area (Å²) in [5.74, 6) is -1.20. The number of nitrogens with one attached hydrogen (secondary N) is 1. The lowest BCUT2D eigenvalue weighted by molar-refractivity contribution is -0.384. The Balaban J connectivity index is 2.05. The zero-order valence-electron chi connectivity index (χ0n) is 14.2. The van der Waals surface area contributed by atoms with Gasteiger partial charge in [0.1, 0.15) is 5.82 Å². The van der Waals surface area contributed by atoms with Gasteiger partial charge in [-0.15, -0.1) is 0 Å². The molecular formula is C19H16FN3O3. The maximum Gasteiger partial charge on any atom is 0.271 e. The number of carbonyl (C=O) groups is 1. The summed E-state index contributed by atoms with van der Waals surface area (Å²) in [4.78, 5) is 27.5. The monoisotopic (exact) mass is 353 g/mol. The second-order valence-corrected chi connectivity index (χ2v) is 6.14. The number of anilines is 1. The summed E-state index contributed by atoms with van der Waals surface area (Å²) < 4.78 is 14.0. The van der Waals surface area contributed by atoms with E-state index in [0.29, 0.717) is 16.5 Å². The van der Waals surface area contributed by atoms with E-state index in [1.54, 1.807) is 24.3 Å². The highest BCUT2D eigenvalue weighted by molar-refractivity contribution is 6.12. The smallest absolute Gasteiger partial charge is 0.271 e. The van der Waals surface area contributed by atoms with Crippen LogP contribution in [0.15, 0.2) is 48.5 Å². The molecule has 2 aromatic carbocycles. The number of hydrogen-bond acceptors (Lipinski definition) is 4. The predicted molar refractivity (Wildman–Crippen MR) is 96.8 cm³/mol. The van der Waals surface area contributed by atoms with Crippen molar-refractivity contribution >= 4 is 28.2 Å². The van der Waals surface area contributed by atoms with Gasteiger partial charge in [-0.2, -0.15) is 0 Å². The minimum Gasteiger partial charge on any atom is -0.319 e. The molecule has 0 saturated heterocycles. The number of pyridine rings is 1. The predicted octanol–water partition coefficient (Wildman–Crippen LogP) is 4.66. The van der Waals surface area contributed by atoms with Gasteiger partial charge in [0.2, 0.25) is 0 Å². The number of non-ortho nitro benzene ring substituents is 1. The largest absolute Gasteiger partial charge is 0.319 e. The van der Waals surface area contributed by atoms with Crippen LogP contribution in [0.2, 0.25) is 0 Å². The van der Waals surface area contributed by atoms with Crippen LogP contribution in [0.3, 0.4) is 0 Å². The highest BCUT2D eigenvalue weighted by atomic mass is 19.1. The molecule has 3 rings (SSSR count). The van der Waals surface area contributed by atoms with Gasteiger partial charge in [-0.25, -0.2) is 4.39 Å². The molecule has 6 nitrogen and oxygen atoms in total. The second-order valence-electron chi connectivity index (χ2n) is 6.14. The average Bonchev–Trinajstić information content (AvgIpc) is 2.62. The van der Waals surface area contributed by atoms with Crippen molar-refractivity contribution in [3.8, 4) is 0 Å². The van der Waals surface area contributed by atoms with E-state index >= 15 is 0 Å². The Morgan fingerprint density at radius 3 is 2.62 bits per heavy atom. The number of carbonyl (C=O) groups excluding carboxylic acids is 1. The number of nitro groups is 1. The molecule has 1 amide bonds. The van der Waals surface area contributed by atoms with Gasteiger partial charge in [-0.1, -0.05) is 32.0 Å². The third-order valence-electron chi connectivity index (χ3n) is 3.98. The van der Waals surface area contributed by atoms with Crippen LogP contribution in [0, 0.1) is 15.9 Å². The number of halogens is 1. The Kier molecular flexibility index (Phi) is 4.62. The molecule has 0 bridgehead atoms. The minimum atomic E-state index is -0.744. The summed E-state index contributed by atoms with van der Waals surface area (Å²) in [5, 5.41) is 13.9. The summed E-state index contributed by atoms with van der Waals surface area (Å²) in [6.07, 6.45) is 0. The van der Waals surface area contributed by atoms with Crippen LogP contribution in [-0.2, 0) is 0 Å². The van der Waals surface area contributed by atoms with Crippen molar-refractivity contribution in [1.29, 1.82) is 0 Å². The Labute approximate surface area is 148 Å². The summed E-state index contributed by atoms with van der Waals surface area (Å²) in [6, 6.07) is 11.8. The standard InChI is InChI=1S/C19H16FN3O3/c1-11(2)17-10-14(13-5-3-4-6-16(13)21-17)19(24)22-18-9-12(23(25)26)7-8-15(18)20/h3-11H,1-2H3,(H,22,24). The van der Waals surface area contributed by atoms with Crippen LogP contribution in [0.5, 0.6) is 0 Å². The Morgan fingerprint density at radius 2 is 1.92 bits per heavy atom. The van der Waals surface area contributed by atoms with Crippen molar-refractivity contribution in [3.63, 3.8) is 0 Å². The molecule has 26 heavy (non-hydrogen) atoms. The van der Waals surface area contributed by atoms with Crippen LogP contribution in [-0.4, -0.2) is 15.8 Å². The molecule has 0 aliphatic heterocycles. The number of hydrogen-bond donors (Lipinski definition) is 1. The number of amides is 1. The highest BCUT2D eigenvalue weighted by Gasteiger charge is 2.18. The first kappa shape index (κ1) is 17.5. The number of nitro benzene ring substituents is 1. The van der Waals surface area contributed by atoms with Crippen LogP contribution in [0.1, 0.15) is 35.8 Å². The summed E-state index contributed by atoms with van der Waals surface area (Å²) in [5.41, 5.74) is 1.18. The Hall–Kier alpha value is -3.35. The number of para-hydroxylation sites is 1. The lowest BCUT2D eigenvalue weighted by Gasteiger charge is -2.12. The van der Waals surface area contributed by atoms with Crippen molar-refractivity contribution < 1.29 is 14.1 Å². The van der Waals surface area contributed by atoms with Gasteiger partial charge in [0, 0.05) is 23.2 Å². The second kappa shape index (κ2) is 6.87. The molecule has 0 aliphatic rings. The number of aromatic nitrogens is 1. The van der Waals surface area contributed by atoms with E-state index < -0.39 is 16.6 Å². The molecule has 132 valence electrons. The normalized spacial score (nSPS) is 10.9. The maximum atomic E-state index is 14.0. The molecule has 0 atom stereocenters. The van der Waals surface area contributed by atoms with Crippen molar-refractivity contribution in [3.05, 3.63) is 75.7 Å². The molecule has 1 heterocycles. The summed E-state index contributed by atoms with van der Waals surface area (Å²) in [7, 11) is 0. The van der Waals surface area contributed by atoms with Gasteiger partial charge in [0.15, 0.2) is 0 Å². The lowest BCUT2D eigenvalue weighted by Crippen LogP contribution is -2.15. The van der Waals surface area contributed by atoms with Crippen LogP contribution < -0.4 is 5.32 Å². The van der Waals surface area contributed by atoms with Crippen molar-refractivity contribution in [1.82, 2.24) is 4.98 Å². The first-order valence-electron chi connectivity index (χ1n) is 8.02. The van der Waals surface area contributed by atoms with E-state index in [1.165, 1.54) is 0 Å². The molecule has 0 saturated carbocycles. The highest BCUT2D eigenvalue weighted by Crippen LogP contribution is 2.25. The van der Waals surface area contributed by atoms with E-state index in [9.17, 15) is 19.3 Å². The third kappa shape index (κ3) is 3.37. The van der Waals surface area contributed by atoms with Gasteiger partial charge >= 0.3 is 0 Å². The van der Waals surface area contributed by atoms with Crippen molar-refractivity contribution in [2.24, 2.45) is 0 Å². The maximum absolute atomic E-state index is 14.0. The lowest BCUT2D eigenvalue weighted by atomic mass is 10.0. The first-order chi connectivity index (χ1) is 12.4. The van der Waals surface area contributed by atoms with Gasteiger partial charge in [0.25, 0.3) is 11.6 Å². The summed E-state index contributed by atoms with van der Waals surface area (Å²) in [6.45, 7) is 3.91. The van der Waals surface area contributed by atoms with Crippen LogP contribution in [0.4, 0.5) is 15.8 Å². The quantitative estimate of drug-likeness (QED) is 0.546. The first-order valence-corrected chi connectivity index (χ1v) is 8.02. The third-order valence-corrected chi connectivity index (χ3v) is 3.98. The molecule has 0 fully saturated rings. The minimum absolute atomic E-state index is 0.0979. The van der Waals surface area contributed by atoms with Gasteiger partial charge in [0.05, 0.1) is 21.7 Å². The molecule has 7 heteroatoms. The summed E-state index contributed by atoms with van der Waals surface area (Å²) >= 11 is 0. The molecule has 3 aromatic rings. The number of fused-ring (bicyclic) bond motifs is 1. The van der Waals surface area contributed by atoms with Gasteiger partial charge < -0.3 is 5.32 Å². The Morgan fingerprint density at radius 1 is 1.19 bits per heavy atom. The molecule has 0 radical (unpaired) electrons. The number of benzene rings is 2. The molecular weight excluding hydrogens is 337 g/mol. The van der Waals surface area contributed by atoms with E-state index in [1.807, 2.05) is 19.9 Å². The zero-order valence-corrected chi connectivity index (χ0v) is 14.2. The van der Waals surface area contributed by atoms with Gasteiger partial charge in [-0.05, 0) is 24.1 Å². The van der Waals surface area contributed by atoms with Crippen molar-refractivity contribution in [2.75, 3.05) is 5.32 Å². The fourth-order valence-electron chi connectivity index (χ4n) is 2.59. The fraction of sp³-hybridized carbons (Fsp3) is 0.158. The van der Waals surface area contributed by atoms with Crippen molar-refractivity contribution in [2.45, 2.75) is 19.8 Å². The molecule has 0 aliphatic carbocycles. The van der Waals surface area contributed by atoms with Crippen LogP contribution >= 0.6 is 0 Å². The topological polar surface area (TPSA) is 85.1 Å². The number of nitrogens with zero attached hydrogens (tertiary/aromatic N) is 2. The zero-order chi connectivity index (χ0) is 18.8. The molecule has 0 spiro atoms. The van der Waals surface area contributed by atoms with E-state index in [4.69, 9.17) is 0 Å². The number of rotatable bonds is 4.